The Bertz CT molecular complexity index is 717. The Kier molecular flexibility index (Phi) is 14.5. The van der Waals surface area contributed by atoms with E-state index < -0.39 is 6.17 Å². The minimum atomic E-state index is -0.807. The monoisotopic (exact) mass is 456 g/mol. The lowest BCUT2D eigenvalue weighted by Gasteiger charge is -2.09. The summed E-state index contributed by atoms with van der Waals surface area (Å²) in [6.07, 6.45) is 19.9. The van der Waals surface area contributed by atoms with Gasteiger partial charge in [0.2, 0.25) is 0 Å². The van der Waals surface area contributed by atoms with Crippen molar-refractivity contribution in [1.82, 2.24) is 9.97 Å². The number of alkyl halides is 1. The summed E-state index contributed by atoms with van der Waals surface area (Å²) in [5.41, 5.74) is 1.82. The van der Waals surface area contributed by atoms with E-state index in [4.69, 9.17) is 4.74 Å². The molecule has 0 aliphatic heterocycles. The summed E-state index contributed by atoms with van der Waals surface area (Å²) in [5.74, 6) is 1.56. The lowest BCUT2D eigenvalue weighted by atomic mass is 10.0. The molecule has 4 heteroatoms. The second-order valence-corrected chi connectivity index (χ2v) is 9.27. The molecule has 1 heterocycles. The third kappa shape index (κ3) is 12.2. The summed E-state index contributed by atoms with van der Waals surface area (Å²) in [6, 6.07) is 7.94. The van der Waals surface area contributed by atoms with Gasteiger partial charge in [-0.05, 0) is 42.7 Å². The van der Waals surface area contributed by atoms with Crippen LogP contribution in [-0.2, 0) is 6.42 Å². The third-order valence-electron chi connectivity index (χ3n) is 6.16. The Hall–Kier alpha value is -1.97. The van der Waals surface area contributed by atoms with Crippen molar-refractivity contribution >= 4 is 0 Å². The average molecular weight is 457 g/mol. The van der Waals surface area contributed by atoms with Crippen molar-refractivity contribution < 1.29 is 9.13 Å². The molecular weight excluding hydrogens is 411 g/mol. The highest BCUT2D eigenvalue weighted by molar-refractivity contribution is 5.55. The van der Waals surface area contributed by atoms with Gasteiger partial charge in [-0.1, -0.05) is 90.9 Å². The number of unbranched alkanes of at least 4 members (excludes halogenated alkanes) is 11. The molecule has 1 unspecified atom stereocenters. The summed E-state index contributed by atoms with van der Waals surface area (Å²) >= 11 is 0. The van der Waals surface area contributed by atoms with Crippen molar-refractivity contribution in [3.05, 3.63) is 42.2 Å². The van der Waals surface area contributed by atoms with Gasteiger partial charge in [0.25, 0.3) is 0 Å². The van der Waals surface area contributed by atoms with E-state index >= 15 is 0 Å². The lowest BCUT2D eigenvalue weighted by Crippen LogP contribution is -2.06. The van der Waals surface area contributed by atoms with Gasteiger partial charge in [-0.2, -0.15) is 0 Å². The summed E-state index contributed by atoms with van der Waals surface area (Å²) in [4.78, 5) is 8.91. The predicted molar refractivity (Wildman–Crippen MR) is 138 cm³/mol. The number of aromatic nitrogens is 2. The Labute approximate surface area is 201 Å². The normalized spacial score (nSPS) is 12.1. The molecule has 0 radical (unpaired) electrons. The van der Waals surface area contributed by atoms with E-state index in [0.29, 0.717) is 18.7 Å². The Balaban J connectivity index is 1.65. The number of rotatable bonds is 19. The van der Waals surface area contributed by atoms with Crippen LogP contribution < -0.4 is 4.74 Å². The molecule has 0 aliphatic rings. The Morgan fingerprint density at radius 2 is 1.27 bits per heavy atom. The van der Waals surface area contributed by atoms with Crippen molar-refractivity contribution in [2.45, 2.75) is 116 Å². The highest BCUT2D eigenvalue weighted by atomic mass is 19.1. The molecule has 1 aromatic carbocycles. The van der Waals surface area contributed by atoms with Crippen molar-refractivity contribution in [3.63, 3.8) is 0 Å². The number of hydrogen-bond acceptors (Lipinski definition) is 3. The van der Waals surface area contributed by atoms with Crippen LogP contribution in [0.25, 0.3) is 11.4 Å². The second kappa shape index (κ2) is 17.5. The smallest absolute Gasteiger partial charge is 0.159 e. The van der Waals surface area contributed by atoms with E-state index in [-0.39, 0.29) is 0 Å². The predicted octanol–water partition coefficient (Wildman–Crippen LogP) is 8.90. The highest BCUT2D eigenvalue weighted by Gasteiger charge is 2.09. The van der Waals surface area contributed by atoms with Crippen LogP contribution in [0.4, 0.5) is 4.39 Å². The third-order valence-corrected chi connectivity index (χ3v) is 6.16. The first-order valence-corrected chi connectivity index (χ1v) is 13.4. The SMILES string of the molecule is CCCCCCCCCCOc1ccc(-c2ncc(CC(F)CCCCCCC)cn2)cc1. The van der Waals surface area contributed by atoms with E-state index in [1.165, 1.54) is 64.2 Å². The number of benzene rings is 1. The highest BCUT2D eigenvalue weighted by Crippen LogP contribution is 2.20. The molecule has 2 aromatic rings. The number of ether oxygens (including phenoxy) is 1. The molecule has 0 saturated heterocycles. The maximum Gasteiger partial charge on any atom is 0.159 e. The fourth-order valence-corrected chi connectivity index (χ4v) is 4.06. The van der Waals surface area contributed by atoms with Crippen molar-refractivity contribution in [2.75, 3.05) is 6.61 Å². The van der Waals surface area contributed by atoms with Crippen molar-refractivity contribution in [2.24, 2.45) is 0 Å². The van der Waals surface area contributed by atoms with E-state index in [2.05, 4.69) is 23.8 Å². The quantitative estimate of drug-likeness (QED) is 0.198. The first kappa shape index (κ1) is 27.3. The van der Waals surface area contributed by atoms with E-state index in [1.54, 1.807) is 12.4 Å². The van der Waals surface area contributed by atoms with Crippen LogP contribution in [0.5, 0.6) is 5.75 Å². The first-order chi connectivity index (χ1) is 16.2. The fourth-order valence-electron chi connectivity index (χ4n) is 4.06. The van der Waals surface area contributed by atoms with Crippen LogP contribution in [0.3, 0.4) is 0 Å². The van der Waals surface area contributed by atoms with Gasteiger partial charge < -0.3 is 4.74 Å². The molecule has 0 saturated carbocycles. The average Bonchev–Trinajstić information content (AvgIpc) is 2.84. The van der Waals surface area contributed by atoms with Crippen molar-refractivity contribution in [1.29, 1.82) is 0 Å². The number of nitrogens with zero attached hydrogens (tertiary/aromatic N) is 2. The molecule has 1 atom stereocenters. The molecule has 2 rings (SSSR count). The van der Waals surface area contributed by atoms with Crippen LogP contribution in [-0.4, -0.2) is 22.7 Å². The van der Waals surface area contributed by atoms with Gasteiger partial charge in [-0.15, -0.1) is 0 Å². The van der Waals surface area contributed by atoms with Gasteiger partial charge in [-0.25, -0.2) is 14.4 Å². The van der Waals surface area contributed by atoms with E-state index in [9.17, 15) is 4.39 Å². The van der Waals surface area contributed by atoms with Crippen LogP contribution in [0.15, 0.2) is 36.7 Å². The fraction of sp³-hybridized carbons (Fsp3) is 0.655. The first-order valence-electron chi connectivity index (χ1n) is 13.4. The van der Waals surface area contributed by atoms with E-state index in [1.807, 2.05) is 24.3 Å². The zero-order valence-corrected chi connectivity index (χ0v) is 21.0. The van der Waals surface area contributed by atoms with Crippen LogP contribution in [0, 0.1) is 0 Å². The summed E-state index contributed by atoms with van der Waals surface area (Å²) in [7, 11) is 0. The molecular formula is C29H45FN2O. The second-order valence-electron chi connectivity index (χ2n) is 9.27. The van der Waals surface area contributed by atoms with Crippen LogP contribution in [0.1, 0.15) is 109 Å². The summed E-state index contributed by atoms with van der Waals surface area (Å²) in [5, 5.41) is 0. The molecule has 3 nitrogen and oxygen atoms in total. The van der Waals surface area contributed by atoms with E-state index in [0.717, 1.165) is 42.7 Å². The summed E-state index contributed by atoms with van der Waals surface area (Å²) < 4.78 is 20.1. The van der Waals surface area contributed by atoms with Gasteiger partial charge in [0.15, 0.2) is 5.82 Å². The lowest BCUT2D eigenvalue weighted by molar-refractivity contribution is 0.302. The maximum absolute atomic E-state index is 14.2. The number of hydrogen-bond donors (Lipinski definition) is 0. The molecule has 0 N–H and O–H groups in total. The van der Waals surface area contributed by atoms with Gasteiger partial charge in [0.1, 0.15) is 11.9 Å². The molecule has 1 aromatic heterocycles. The molecule has 33 heavy (non-hydrogen) atoms. The summed E-state index contributed by atoms with van der Waals surface area (Å²) in [6.45, 7) is 5.22. The van der Waals surface area contributed by atoms with Crippen LogP contribution >= 0.6 is 0 Å². The largest absolute Gasteiger partial charge is 0.494 e. The van der Waals surface area contributed by atoms with Crippen LogP contribution in [0.2, 0.25) is 0 Å². The number of halogens is 1. The molecule has 0 fully saturated rings. The molecule has 0 spiro atoms. The maximum atomic E-state index is 14.2. The Morgan fingerprint density at radius 3 is 1.88 bits per heavy atom. The minimum Gasteiger partial charge on any atom is -0.494 e. The van der Waals surface area contributed by atoms with Gasteiger partial charge >= 0.3 is 0 Å². The van der Waals surface area contributed by atoms with Gasteiger partial charge in [0.05, 0.1) is 6.61 Å². The molecule has 0 amide bonds. The van der Waals surface area contributed by atoms with Gasteiger partial charge in [-0.3, -0.25) is 0 Å². The molecule has 184 valence electrons. The zero-order valence-electron chi connectivity index (χ0n) is 21.0. The standard InChI is InChI=1S/C29H45FN2O/c1-3-5-7-9-10-11-13-15-21-33-28-19-17-26(18-20-28)29-31-23-25(24-32-29)22-27(30)16-14-12-8-6-4-2/h17-20,23-24,27H,3-16,21-22H2,1-2H3. The minimum absolute atomic E-state index is 0.402. The van der Waals surface area contributed by atoms with Crippen molar-refractivity contribution in [3.8, 4) is 17.1 Å². The zero-order chi connectivity index (χ0) is 23.6. The topological polar surface area (TPSA) is 35.0 Å². The Morgan fingerprint density at radius 1 is 0.727 bits per heavy atom. The molecule has 0 aliphatic carbocycles. The molecule has 0 bridgehead atoms. The van der Waals surface area contributed by atoms with Gasteiger partial charge in [0, 0.05) is 24.4 Å².